The highest BCUT2D eigenvalue weighted by Gasteiger charge is 2.18. The first-order valence-electron chi connectivity index (χ1n) is 7.37. The molecule has 114 valence electrons. The Morgan fingerprint density at radius 2 is 1.85 bits per heavy atom. The zero-order valence-corrected chi connectivity index (χ0v) is 13.4. The molecule has 4 heteroatoms. The molecular formula is C16H27ClN2O. The van der Waals surface area contributed by atoms with Crippen LogP contribution in [0.1, 0.15) is 25.3 Å². The van der Waals surface area contributed by atoms with E-state index in [1.54, 1.807) is 7.11 Å². The maximum absolute atomic E-state index is 5.19. The summed E-state index contributed by atoms with van der Waals surface area (Å²) in [5, 5.41) is 3.46. The summed E-state index contributed by atoms with van der Waals surface area (Å²) in [5.41, 5.74) is 1.38. The van der Waals surface area contributed by atoms with Gasteiger partial charge in [-0.3, -0.25) is 4.90 Å². The third-order valence-electron chi connectivity index (χ3n) is 3.96. The lowest BCUT2D eigenvalue weighted by Gasteiger charge is -2.32. The molecule has 0 unspecified atom stereocenters. The molecule has 0 bridgehead atoms. The normalized spacial score (nSPS) is 16.7. The summed E-state index contributed by atoms with van der Waals surface area (Å²) >= 11 is 0. The smallest absolute Gasteiger partial charge is 0.118 e. The van der Waals surface area contributed by atoms with Gasteiger partial charge in [-0.1, -0.05) is 19.1 Å². The number of hydrogen-bond acceptors (Lipinski definition) is 3. The highest BCUT2D eigenvalue weighted by atomic mass is 35.5. The number of rotatable bonds is 6. The van der Waals surface area contributed by atoms with E-state index in [4.69, 9.17) is 4.74 Å². The second kappa shape index (κ2) is 9.22. The molecule has 2 rings (SSSR count). The summed E-state index contributed by atoms with van der Waals surface area (Å²) in [5.74, 6) is 1.81. The summed E-state index contributed by atoms with van der Waals surface area (Å²) in [6.45, 7) is 7.97. The van der Waals surface area contributed by atoms with Gasteiger partial charge in [0.05, 0.1) is 7.11 Å². The van der Waals surface area contributed by atoms with E-state index in [0.717, 1.165) is 24.8 Å². The monoisotopic (exact) mass is 298 g/mol. The molecule has 20 heavy (non-hydrogen) atoms. The molecule has 1 N–H and O–H groups in total. The lowest BCUT2D eigenvalue weighted by Crippen LogP contribution is -2.36. The fourth-order valence-corrected chi connectivity index (χ4v) is 2.69. The molecule has 1 saturated heterocycles. The number of benzene rings is 1. The fraction of sp³-hybridized carbons (Fsp3) is 0.625. The number of nitrogens with zero attached hydrogens (tertiary/aromatic N) is 1. The van der Waals surface area contributed by atoms with Crippen LogP contribution in [0, 0.1) is 5.92 Å². The number of piperidine rings is 1. The van der Waals surface area contributed by atoms with Gasteiger partial charge in [0.2, 0.25) is 0 Å². The Kier molecular flexibility index (Phi) is 7.97. The molecule has 0 saturated carbocycles. The molecule has 0 radical (unpaired) electrons. The minimum absolute atomic E-state index is 0. The molecule has 1 heterocycles. The Morgan fingerprint density at radius 3 is 2.40 bits per heavy atom. The van der Waals surface area contributed by atoms with Gasteiger partial charge in [0.15, 0.2) is 0 Å². The first-order valence-corrected chi connectivity index (χ1v) is 7.37. The molecule has 0 amide bonds. The van der Waals surface area contributed by atoms with Crippen molar-refractivity contribution in [2.45, 2.75) is 26.3 Å². The van der Waals surface area contributed by atoms with Crippen LogP contribution in [0.5, 0.6) is 5.75 Å². The van der Waals surface area contributed by atoms with Gasteiger partial charge in [-0.2, -0.15) is 0 Å². The lowest BCUT2D eigenvalue weighted by atomic mass is 9.96. The average Bonchev–Trinajstić information content (AvgIpc) is 2.47. The van der Waals surface area contributed by atoms with E-state index >= 15 is 0 Å². The van der Waals surface area contributed by atoms with Crippen LogP contribution in [0.2, 0.25) is 0 Å². The Balaban J connectivity index is 0.00000200. The zero-order chi connectivity index (χ0) is 13.5. The quantitative estimate of drug-likeness (QED) is 0.874. The van der Waals surface area contributed by atoms with Crippen LogP contribution in [0.4, 0.5) is 0 Å². The Labute approximate surface area is 129 Å². The summed E-state index contributed by atoms with van der Waals surface area (Å²) in [4.78, 5) is 2.56. The van der Waals surface area contributed by atoms with Crippen LogP contribution >= 0.6 is 12.4 Å². The van der Waals surface area contributed by atoms with Crippen LogP contribution in [0.15, 0.2) is 24.3 Å². The SMILES string of the molecule is CCNCC1CCN(Cc2ccc(OC)cc2)CC1.Cl. The van der Waals surface area contributed by atoms with Crippen LogP contribution in [-0.2, 0) is 6.54 Å². The minimum atomic E-state index is 0. The Morgan fingerprint density at radius 1 is 1.20 bits per heavy atom. The van der Waals surface area contributed by atoms with E-state index < -0.39 is 0 Å². The molecule has 0 spiro atoms. The van der Waals surface area contributed by atoms with Crippen molar-refractivity contribution in [3.8, 4) is 5.75 Å². The molecule has 1 fully saturated rings. The van der Waals surface area contributed by atoms with Gasteiger partial charge in [0, 0.05) is 6.54 Å². The van der Waals surface area contributed by atoms with Crippen molar-refractivity contribution in [2.75, 3.05) is 33.3 Å². The molecule has 0 aromatic heterocycles. The van der Waals surface area contributed by atoms with Crippen molar-refractivity contribution in [1.82, 2.24) is 10.2 Å². The van der Waals surface area contributed by atoms with Gasteiger partial charge < -0.3 is 10.1 Å². The second-order valence-corrected chi connectivity index (χ2v) is 5.38. The highest BCUT2D eigenvalue weighted by molar-refractivity contribution is 5.85. The van der Waals surface area contributed by atoms with Gasteiger partial charge in [0.25, 0.3) is 0 Å². The number of likely N-dealkylation sites (tertiary alicyclic amines) is 1. The number of halogens is 1. The number of methoxy groups -OCH3 is 1. The molecule has 1 aliphatic heterocycles. The van der Waals surface area contributed by atoms with Crippen LogP contribution < -0.4 is 10.1 Å². The highest BCUT2D eigenvalue weighted by Crippen LogP contribution is 2.19. The largest absolute Gasteiger partial charge is 0.497 e. The summed E-state index contributed by atoms with van der Waals surface area (Å²) in [6, 6.07) is 8.44. The van der Waals surface area contributed by atoms with E-state index in [-0.39, 0.29) is 12.4 Å². The van der Waals surface area contributed by atoms with Crippen LogP contribution in [0.25, 0.3) is 0 Å². The first-order chi connectivity index (χ1) is 9.31. The lowest BCUT2D eigenvalue weighted by molar-refractivity contribution is 0.176. The van der Waals surface area contributed by atoms with Crippen LogP contribution in [0.3, 0.4) is 0 Å². The van der Waals surface area contributed by atoms with Crippen molar-refractivity contribution in [3.05, 3.63) is 29.8 Å². The van der Waals surface area contributed by atoms with E-state index in [0.29, 0.717) is 0 Å². The third kappa shape index (κ3) is 5.31. The zero-order valence-electron chi connectivity index (χ0n) is 12.6. The maximum Gasteiger partial charge on any atom is 0.118 e. The molecule has 3 nitrogen and oxygen atoms in total. The van der Waals surface area contributed by atoms with E-state index in [9.17, 15) is 0 Å². The van der Waals surface area contributed by atoms with Crippen molar-refractivity contribution in [2.24, 2.45) is 5.92 Å². The molecule has 0 aliphatic carbocycles. The van der Waals surface area contributed by atoms with Crippen molar-refractivity contribution in [3.63, 3.8) is 0 Å². The molecule has 1 aromatic carbocycles. The van der Waals surface area contributed by atoms with Crippen LogP contribution in [-0.4, -0.2) is 38.2 Å². The van der Waals surface area contributed by atoms with Gasteiger partial charge >= 0.3 is 0 Å². The van der Waals surface area contributed by atoms with Gasteiger partial charge in [-0.05, 0) is 62.6 Å². The summed E-state index contributed by atoms with van der Waals surface area (Å²) in [7, 11) is 1.71. The predicted molar refractivity (Wildman–Crippen MR) is 86.8 cm³/mol. The molecule has 0 atom stereocenters. The van der Waals surface area contributed by atoms with E-state index in [1.165, 1.54) is 38.0 Å². The molecular weight excluding hydrogens is 272 g/mol. The number of ether oxygens (including phenoxy) is 1. The first kappa shape index (κ1) is 17.3. The Bertz CT molecular complexity index is 361. The maximum atomic E-state index is 5.19. The topological polar surface area (TPSA) is 24.5 Å². The molecule has 1 aromatic rings. The predicted octanol–water partition coefficient (Wildman–Crippen LogP) is 2.94. The molecule has 1 aliphatic rings. The third-order valence-corrected chi connectivity index (χ3v) is 3.96. The van der Waals surface area contributed by atoms with Crippen molar-refractivity contribution in [1.29, 1.82) is 0 Å². The average molecular weight is 299 g/mol. The van der Waals surface area contributed by atoms with Gasteiger partial charge in [-0.15, -0.1) is 12.4 Å². The second-order valence-electron chi connectivity index (χ2n) is 5.38. The Hall–Kier alpha value is -0.770. The van der Waals surface area contributed by atoms with E-state index in [1.807, 2.05) is 12.1 Å². The minimum Gasteiger partial charge on any atom is -0.497 e. The van der Waals surface area contributed by atoms with Crippen molar-refractivity contribution < 1.29 is 4.74 Å². The summed E-state index contributed by atoms with van der Waals surface area (Å²) in [6.07, 6.45) is 2.65. The van der Waals surface area contributed by atoms with Gasteiger partial charge in [0.1, 0.15) is 5.75 Å². The summed E-state index contributed by atoms with van der Waals surface area (Å²) < 4.78 is 5.19. The van der Waals surface area contributed by atoms with Crippen molar-refractivity contribution >= 4 is 12.4 Å². The standard InChI is InChI=1S/C16H26N2O.ClH/c1-3-17-12-14-8-10-18(11-9-14)13-15-4-6-16(19-2)7-5-15;/h4-7,14,17H,3,8-13H2,1-2H3;1H. The number of hydrogen-bond donors (Lipinski definition) is 1. The van der Waals surface area contributed by atoms with Gasteiger partial charge in [-0.25, -0.2) is 0 Å². The van der Waals surface area contributed by atoms with E-state index in [2.05, 4.69) is 29.3 Å². The number of nitrogens with one attached hydrogen (secondary N) is 1. The fourth-order valence-electron chi connectivity index (χ4n) is 2.69.